The minimum absolute atomic E-state index is 0.106. The fourth-order valence-electron chi connectivity index (χ4n) is 3.08. The van der Waals surface area contributed by atoms with Crippen molar-refractivity contribution in [3.05, 3.63) is 22.2 Å². The molecule has 1 unspecified atom stereocenters. The summed E-state index contributed by atoms with van der Waals surface area (Å²) in [5.41, 5.74) is 0.540. The van der Waals surface area contributed by atoms with E-state index in [9.17, 15) is 4.79 Å². The second-order valence-corrected chi connectivity index (χ2v) is 6.98. The van der Waals surface area contributed by atoms with Gasteiger partial charge in [0.05, 0.1) is 14.2 Å². The molecule has 0 saturated carbocycles. The van der Waals surface area contributed by atoms with Gasteiger partial charge in [-0.1, -0.05) is 6.42 Å². The fraction of sp³-hybridized carbons (Fsp3) is 0.611. The molecule has 1 aromatic carbocycles. The van der Waals surface area contributed by atoms with Gasteiger partial charge in [0.25, 0.3) is 5.91 Å². The highest BCUT2D eigenvalue weighted by atomic mass is 79.9. The van der Waals surface area contributed by atoms with Gasteiger partial charge in [-0.15, -0.1) is 0 Å². The summed E-state index contributed by atoms with van der Waals surface area (Å²) in [5, 5.41) is 2.98. The number of ether oxygens (including phenoxy) is 2. The zero-order valence-corrected chi connectivity index (χ0v) is 16.3. The number of hydrogen-bond acceptors (Lipinski definition) is 4. The van der Waals surface area contributed by atoms with E-state index in [4.69, 9.17) is 9.47 Å². The van der Waals surface area contributed by atoms with Crippen LogP contribution in [-0.2, 0) is 0 Å². The molecule has 1 aliphatic heterocycles. The first-order chi connectivity index (χ1) is 11.6. The summed E-state index contributed by atoms with van der Waals surface area (Å²) in [7, 11) is 3.14. The van der Waals surface area contributed by atoms with Crippen molar-refractivity contribution in [2.75, 3.05) is 33.9 Å². The first-order valence-corrected chi connectivity index (χ1v) is 9.30. The molecule has 0 spiro atoms. The maximum absolute atomic E-state index is 12.4. The van der Waals surface area contributed by atoms with Crippen molar-refractivity contribution in [3.8, 4) is 11.5 Å². The Hall–Kier alpha value is -1.27. The van der Waals surface area contributed by atoms with E-state index in [1.807, 2.05) is 0 Å². The van der Waals surface area contributed by atoms with Crippen molar-refractivity contribution in [2.24, 2.45) is 0 Å². The number of carbonyl (C=O) groups excluding carboxylic acids is 1. The third-order valence-electron chi connectivity index (χ3n) is 4.56. The van der Waals surface area contributed by atoms with E-state index in [1.165, 1.54) is 25.8 Å². The molecular weight excluding hydrogens is 372 g/mol. The number of amides is 1. The molecule has 1 N–H and O–H groups in total. The highest BCUT2D eigenvalue weighted by Crippen LogP contribution is 2.35. The number of nitrogens with one attached hydrogen (secondary N) is 1. The lowest BCUT2D eigenvalue weighted by atomic mass is 10.0. The molecule has 1 aromatic rings. The van der Waals surface area contributed by atoms with Gasteiger partial charge in [-0.3, -0.25) is 4.79 Å². The molecule has 0 bridgehead atoms. The predicted molar refractivity (Wildman–Crippen MR) is 99.1 cm³/mol. The highest BCUT2D eigenvalue weighted by Gasteiger charge is 2.18. The second-order valence-electron chi connectivity index (χ2n) is 6.18. The van der Waals surface area contributed by atoms with Crippen LogP contribution in [-0.4, -0.2) is 50.7 Å². The highest BCUT2D eigenvalue weighted by molar-refractivity contribution is 9.10. The van der Waals surface area contributed by atoms with Crippen LogP contribution in [0.15, 0.2) is 16.6 Å². The Kier molecular flexibility index (Phi) is 7.37. The number of hydrogen-bond donors (Lipinski definition) is 1. The minimum Gasteiger partial charge on any atom is -0.495 e. The van der Waals surface area contributed by atoms with Gasteiger partial charge in [0.15, 0.2) is 0 Å². The average molecular weight is 399 g/mol. The Balaban J connectivity index is 1.86. The van der Waals surface area contributed by atoms with Crippen LogP contribution >= 0.6 is 15.9 Å². The molecule has 0 radical (unpaired) electrons. The van der Waals surface area contributed by atoms with Crippen LogP contribution in [0.25, 0.3) is 0 Å². The Bertz CT molecular complexity index is 540. The lowest BCUT2D eigenvalue weighted by Gasteiger charge is -2.33. The molecule has 5 nitrogen and oxygen atoms in total. The second kappa shape index (κ2) is 9.28. The summed E-state index contributed by atoms with van der Waals surface area (Å²) in [6, 6.07) is 4.10. The van der Waals surface area contributed by atoms with Crippen molar-refractivity contribution in [3.63, 3.8) is 0 Å². The first kappa shape index (κ1) is 19.1. The number of halogens is 1. The normalized spacial score (nSPS) is 18.2. The summed E-state index contributed by atoms with van der Waals surface area (Å²) >= 11 is 3.41. The van der Waals surface area contributed by atoms with E-state index in [2.05, 4.69) is 33.1 Å². The summed E-state index contributed by atoms with van der Waals surface area (Å²) in [4.78, 5) is 14.9. The Morgan fingerprint density at radius 1 is 1.29 bits per heavy atom. The predicted octanol–water partition coefficient (Wildman–Crippen LogP) is 3.46. The Morgan fingerprint density at radius 2 is 1.96 bits per heavy atom. The van der Waals surface area contributed by atoms with E-state index < -0.39 is 0 Å². The molecule has 1 aliphatic rings. The van der Waals surface area contributed by atoms with Crippen molar-refractivity contribution in [1.82, 2.24) is 10.2 Å². The van der Waals surface area contributed by atoms with Crippen LogP contribution in [0.1, 0.15) is 43.0 Å². The van der Waals surface area contributed by atoms with E-state index in [1.54, 1.807) is 26.4 Å². The van der Waals surface area contributed by atoms with Crippen LogP contribution in [0.4, 0.5) is 0 Å². The van der Waals surface area contributed by atoms with Gasteiger partial charge >= 0.3 is 0 Å². The maximum atomic E-state index is 12.4. The molecular formula is C18H27BrN2O3. The van der Waals surface area contributed by atoms with E-state index >= 15 is 0 Å². The smallest absolute Gasteiger partial charge is 0.251 e. The fourth-order valence-corrected chi connectivity index (χ4v) is 3.63. The molecule has 0 aliphatic carbocycles. The number of benzene rings is 1. The quantitative estimate of drug-likeness (QED) is 0.714. The van der Waals surface area contributed by atoms with Gasteiger partial charge in [-0.25, -0.2) is 0 Å². The van der Waals surface area contributed by atoms with E-state index in [0.29, 0.717) is 34.1 Å². The van der Waals surface area contributed by atoms with Crippen LogP contribution in [0.2, 0.25) is 0 Å². The van der Waals surface area contributed by atoms with Crippen molar-refractivity contribution < 1.29 is 14.3 Å². The summed E-state index contributed by atoms with van der Waals surface area (Å²) in [5.74, 6) is 1.06. The van der Waals surface area contributed by atoms with Gasteiger partial charge in [-0.05, 0) is 60.8 Å². The Morgan fingerprint density at radius 3 is 2.54 bits per heavy atom. The lowest BCUT2D eigenvalue weighted by molar-refractivity contribution is 0.0948. The molecule has 0 aromatic heterocycles. The molecule has 1 heterocycles. The Labute approximate surface area is 152 Å². The average Bonchev–Trinajstić information content (AvgIpc) is 2.60. The zero-order valence-electron chi connectivity index (χ0n) is 14.7. The third kappa shape index (κ3) is 4.86. The topological polar surface area (TPSA) is 50.8 Å². The number of piperidine rings is 1. The first-order valence-electron chi connectivity index (χ1n) is 8.50. The lowest BCUT2D eigenvalue weighted by Crippen LogP contribution is -2.39. The van der Waals surface area contributed by atoms with Crippen LogP contribution in [0.5, 0.6) is 11.5 Å². The largest absolute Gasteiger partial charge is 0.495 e. The summed E-state index contributed by atoms with van der Waals surface area (Å²) in [6.07, 6.45) is 4.86. The molecule has 1 fully saturated rings. The van der Waals surface area contributed by atoms with Gasteiger partial charge in [0, 0.05) is 24.7 Å². The van der Waals surface area contributed by atoms with Gasteiger partial charge in [0.1, 0.15) is 16.0 Å². The van der Waals surface area contributed by atoms with Crippen molar-refractivity contribution >= 4 is 21.8 Å². The van der Waals surface area contributed by atoms with E-state index in [0.717, 1.165) is 13.0 Å². The van der Waals surface area contributed by atoms with Crippen LogP contribution < -0.4 is 14.8 Å². The van der Waals surface area contributed by atoms with Crippen molar-refractivity contribution in [1.29, 1.82) is 0 Å². The zero-order chi connectivity index (χ0) is 17.5. The molecule has 6 heteroatoms. The van der Waals surface area contributed by atoms with Crippen LogP contribution in [0.3, 0.4) is 0 Å². The van der Waals surface area contributed by atoms with Crippen molar-refractivity contribution in [2.45, 2.75) is 38.6 Å². The van der Waals surface area contributed by atoms with Gasteiger partial charge in [0.2, 0.25) is 0 Å². The molecule has 1 atom stereocenters. The number of methoxy groups -OCH3 is 2. The number of likely N-dealkylation sites (tertiary alicyclic amines) is 1. The van der Waals surface area contributed by atoms with Crippen LogP contribution in [0, 0.1) is 0 Å². The molecule has 1 saturated heterocycles. The number of carbonyl (C=O) groups is 1. The third-order valence-corrected chi connectivity index (χ3v) is 5.34. The molecule has 1 amide bonds. The summed E-state index contributed by atoms with van der Waals surface area (Å²) in [6.45, 7) is 5.17. The van der Waals surface area contributed by atoms with E-state index in [-0.39, 0.29) is 5.91 Å². The summed E-state index contributed by atoms with van der Waals surface area (Å²) < 4.78 is 11.3. The molecule has 134 valence electrons. The molecule has 24 heavy (non-hydrogen) atoms. The standard InChI is InChI=1S/C18H27BrN2O3/c1-13-7-4-5-9-21(13)10-6-8-20-18(22)14-11-15(23-2)17(19)16(12-14)24-3/h11-13H,4-10H2,1-3H3,(H,20,22). The monoisotopic (exact) mass is 398 g/mol. The molecule has 2 rings (SSSR count). The number of rotatable bonds is 7. The van der Waals surface area contributed by atoms with Gasteiger partial charge in [-0.2, -0.15) is 0 Å². The minimum atomic E-state index is -0.106. The maximum Gasteiger partial charge on any atom is 0.251 e. The number of nitrogens with zero attached hydrogens (tertiary/aromatic N) is 1. The van der Waals surface area contributed by atoms with Gasteiger partial charge < -0.3 is 19.7 Å². The SMILES string of the molecule is COc1cc(C(=O)NCCCN2CCCCC2C)cc(OC)c1Br.